The molecule has 156 valence electrons. The number of hydrogen-bond donors (Lipinski definition) is 1. The zero-order valence-electron chi connectivity index (χ0n) is 17.8. The van der Waals surface area contributed by atoms with Crippen LogP contribution < -0.4 is 5.32 Å². The van der Waals surface area contributed by atoms with Crippen molar-refractivity contribution in [1.82, 2.24) is 10.2 Å². The summed E-state index contributed by atoms with van der Waals surface area (Å²) in [7, 11) is 0. The zero-order valence-corrected chi connectivity index (χ0v) is 17.8. The molecule has 0 radical (unpaired) electrons. The quantitative estimate of drug-likeness (QED) is 0.560. The van der Waals surface area contributed by atoms with Gasteiger partial charge in [0.1, 0.15) is 17.2 Å². The van der Waals surface area contributed by atoms with Gasteiger partial charge >= 0.3 is 12.1 Å². The smallest absolute Gasteiger partial charge is 0.411 e. The molecule has 1 fully saturated rings. The molecule has 0 bridgehead atoms. The molecule has 0 aromatic heterocycles. The summed E-state index contributed by atoms with van der Waals surface area (Å²) in [5.74, 6) is -0.328. The van der Waals surface area contributed by atoms with Crippen LogP contribution in [0.25, 0.3) is 0 Å². The second-order valence-corrected chi connectivity index (χ2v) is 8.92. The summed E-state index contributed by atoms with van der Waals surface area (Å²) in [5, 5.41) is 3.16. The fourth-order valence-electron chi connectivity index (χ4n) is 2.73. The molecule has 1 unspecified atom stereocenters. The highest BCUT2D eigenvalue weighted by atomic mass is 16.6. The Labute approximate surface area is 163 Å². The predicted octanol–water partition coefficient (Wildman–Crippen LogP) is 2.89. The summed E-state index contributed by atoms with van der Waals surface area (Å²) in [4.78, 5) is 26.7. The van der Waals surface area contributed by atoms with Gasteiger partial charge < -0.3 is 19.5 Å². The Morgan fingerprint density at radius 1 is 1.15 bits per heavy atom. The van der Waals surface area contributed by atoms with Crippen molar-refractivity contribution in [1.29, 1.82) is 0 Å². The summed E-state index contributed by atoms with van der Waals surface area (Å²) >= 11 is 0. The first kappa shape index (κ1) is 23.4. The van der Waals surface area contributed by atoms with Crippen molar-refractivity contribution >= 4 is 12.1 Å². The molecule has 0 aromatic carbocycles. The van der Waals surface area contributed by atoms with E-state index in [4.69, 9.17) is 14.2 Å². The van der Waals surface area contributed by atoms with Gasteiger partial charge in [0.15, 0.2) is 0 Å². The molecule has 1 aliphatic rings. The normalized spacial score (nSPS) is 22.1. The Hall–Kier alpha value is -1.60. The second-order valence-electron chi connectivity index (χ2n) is 8.92. The summed E-state index contributed by atoms with van der Waals surface area (Å²) < 4.78 is 16.6. The monoisotopic (exact) mass is 384 g/mol. The fraction of sp³-hybridized carbons (Fsp3) is 0.800. The molecule has 3 atom stereocenters. The molecule has 7 nitrogen and oxygen atoms in total. The number of carbonyl (C=O) groups is 2. The number of ether oxygens (including phenoxy) is 3. The average Bonchev–Trinajstić information content (AvgIpc) is 2.49. The third kappa shape index (κ3) is 8.30. The second kappa shape index (κ2) is 9.55. The molecular weight excluding hydrogens is 348 g/mol. The first-order chi connectivity index (χ1) is 12.3. The van der Waals surface area contributed by atoms with E-state index in [9.17, 15) is 9.59 Å². The van der Waals surface area contributed by atoms with E-state index in [1.807, 2.05) is 41.5 Å². The van der Waals surface area contributed by atoms with E-state index in [0.717, 1.165) is 0 Å². The molecule has 0 aliphatic carbocycles. The maximum absolute atomic E-state index is 12.8. The van der Waals surface area contributed by atoms with Crippen LogP contribution in [0.5, 0.6) is 0 Å². The van der Waals surface area contributed by atoms with E-state index in [1.165, 1.54) is 0 Å². The minimum absolute atomic E-state index is 0.144. The van der Waals surface area contributed by atoms with Crippen LogP contribution in [0.4, 0.5) is 4.79 Å². The summed E-state index contributed by atoms with van der Waals surface area (Å²) in [5.41, 5.74) is -1.13. The van der Waals surface area contributed by atoms with E-state index in [0.29, 0.717) is 26.2 Å². The van der Waals surface area contributed by atoms with Crippen molar-refractivity contribution in [2.24, 2.45) is 0 Å². The molecule has 1 rings (SSSR count). The Morgan fingerprint density at radius 2 is 1.70 bits per heavy atom. The van der Waals surface area contributed by atoms with E-state index in [1.54, 1.807) is 17.9 Å². The van der Waals surface area contributed by atoms with E-state index in [2.05, 4.69) is 11.9 Å². The fourth-order valence-corrected chi connectivity index (χ4v) is 2.73. The van der Waals surface area contributed by atoms with Crippen LogP contribution in [0.2, 0.25) is 0 Å². The lowest BCUT2D eigenvalue weighted by Crippen LogP contribution is -2.59. The molecule has 27 heavy (non-hydrogen) atoms. The molecule has 0 spiro atoms. The summed E-state index contributed by atoms with van der Waals surface area (Å²) in [6, 6.07) is -0.886. The minimum Gasteiger partial charge on any atom is -0.459 e. The van der Waals surface area contributed by atoms with Crippen LogP contribution in [0, 0.1) is 0 Å². The molecular formula is C20H36N2O5. The number of hydrogen-bond acceptors (Lipinski definition) is 6. The molecule has 0 aromatic rings. The predicted molar refractivity (Wildman–Crippen MR) is 105 cm³/mol. The van der Waals surface area contributed by atoms with Crippen LogP contribution in [-0.2, 0) is 19.0 Å². The highest BCUT2D eigenvalue weighted by Gasteiger charge is 2.37. The van der Waals surface area contributed by atoms with Gasteiger partial charge in [0.2, 0.25) is 0 Å². The lowest BCUT2D eigenvalue weighted by atomic mass is 10.1. The van der Waals surface area contributed by atoms with Gasteiger partial charge in [0.05, 0.1) is 25.3 Å². The number of esters is 1. The molecule has 1 amide bonds. The third-order valence-electron chi connectivity index (χ3n) is 3.87. The van der Waals surface area contributed by atoms with Crippen LogP contribution in [0.15, 0.2) is 12.7 Å². The van der Waals surface area contributed by atoms with Crippen molar-refractivity contribution in [3.8, 4) is 0 Å². The standard InChI is InChI=1S/C20H36N2O5/c1-9-10-15-12-25-13-16(22(15)18(24)27-20(6,7)8)11-21-14(2)17(23)26-19(3,4)5/h9,14-16,21H,1,10-13H2,2-8H3/t14-,15-,16?/m0/s1. The van der Waals surface area contributed by atoms with Crippen LogP contribution >= 0.6 is 0 Å². The minimum atomic E-state index is -0.587. The van der Waals surface area contributed by atoms with Gasteiger partial charge in [-0.05, 0) is 54.9 Å². The molecule has 1 N–H and O–H groups in total. The number of amides is 1. The first-order valence-electron chi connectivity index (χ1n) is 9.50. The number of nitrogens with zero attached hydrogens (tertiary/aromatic N) is 1. The van der Waals surface area contributed by atoms with E-state index < -0.39 is 17.2 Å². The summed E-state index contributed by atoms with van der Waals surface area (Å²) in [6.07, 6.45) is 2.00. The van der Waals surface area contributed by atoms with Crippen molar-refractivity contribution in [3.63, 3.8) is 0 Å². The van der Waals surface area contributed by atoms with Crippen molar-refractivity contribution in [2.75, 3.05) is 19.8 Å². The summed E-state index contributed by atoms with van der Waals surface area (Å²) in [6.45, 7) is 17.7. The van der Waals surface area contributed by atoms with Crippen molar-refractivity contribution < 1.29 is 23.8 Å². The van der Waals surface area contributed by atoms with Gasteiger partial charge in [-0.1, -0.05) is 6.08 Å². The highest BCUT2D eigenvalue weighted by Crippen LogP contribution is 2.21. The SMILES string of the molecule is C=CC[C@H]1COCC(CN[C@@H](C)C(=O)OC(C)(C)C)N1C(=O)OC(C)(C)C. The van der Waals surface area contributed by atoms with Gasteiger partial charge in [-0.2, -0.15) is 0 Å². The zero-order chi connectivity index (χ0) is 20.8. The highest BCUT2D eigenvalue weighted by molar-refractivity contribution is 5.75. The van der Waals surface area contributed by atoms with Crippen LogP contribution in [0.1, 0.15) is 54.9 Å². The van der Waals surface area contributed by atoms with Crippen LogP contribution in [-0.4, -0.2) is 66.0 Å². The van der Waals surface area contributed by atoms with Gasteiger partial charge in [0, 0.05) is 6.54 Å². The van der Waals surface area contributed by atoms with E-state index in [-0.39, 0.29) is 24.1 Å². The number of morpholine rings is 1. The largest absolute Gasteiger partial charge is 0.459 e. The van der Waals surface area contributed by atoms with Gasteiger partial charge in [-0.25, -0.2) is 4.79 Å². The van der Waals surface area contributed by atoms with Gasteiger partial charge in [-0.15, -0.1) is 6.58 Å². The Bertz CT molecular complexity index is 521. The maximum atomic E-state index is 12.8. The Balaban J connectivity index is 2.80. The molecule has 1 heterocycles. The molecule has 0 saturated carbocycles. The van der Waals surface area contributed by atoms with Crippen LogP contribution in [0.3, 0.4) is 0 Å². The molecule has 1 aliphatic heterocycles. The van der Waals surface area contributed by atoms with Gasteiger partial charge in [-0.3, -0.25) is 9.69 Å². The number of carbonyl (C=O) groups excluding carboxylic acids is 2. The topological polar surface area (TPSA) is 77.1 Å². The first-order valence-corrected chi connectivity index (χ1v) is 9.50. The number of rotatable bonds is 6. The van der Waals surface area contributed by atoms with Crippen molar-refractivity contribution in [3.05, 3.63) is 12.7 Å². The van der Waals surface area contributed by atoms with Gasteiger partial charge in [0.25, 0.3) is 0 Å². The number of nitrogens with one attached hydrogen (secondary N) is 1. The Morgan fingerprint density at radius 3 is 2.22 bits per heavy atom. The lowest BCUT2D eigenvalue weighted by molar-refractivity contribution is -0.157. The van der Waals surface area contributed by atoms with Crippen molar-refractivity contribution in [2.45, 2.75) is 84.2 Å². The molecule has 1 saturated heterocycles. The lowest BCUT2D eigenvalue weighted by Gasteiger charge is -2.42. The van der Waals surface area contributed by atoms with E-state index >= 15 is 0 Å². The Kier molecular flexibility index (Phi) is 8.29. The molecule has 7 heteroatoms. The third-order valence-corrected chi connectivity index (χ3v) is 3.87. The average molecular weight is 385 g/mol. The maximum Gasteiger partial charge on any atom is 0.411 e.